The molecule has 2 aliphatic carbocycles. The van der Waals surface area contributed by atoms with Crippen molar-refractivity contribution in [2.45, 2.75) is 19.3 Å². The summed E-state index contributed by atoms with van der Waals surface area (Å²) in [7, 11) is 0. The number of amides is 3. The van der Waals surface area contributed by atoms with Crippen molar-refractivity contribution in [3.63, 3.8) is 0 Å². The summed E-state index contributed by atoms with van der Waals surface area (Å²) in [6.45, 7) is 0. The molecule has 5 nitrogen and oxygen atoms in total. The van der Waals surface area contributed by atoms with Gasteiger partial charge in [0.2, 0.25) is 0 Å². The van der Waals surface area contributed by atoms with Gasteiger partial charge in [-0.15, -0.1) is 0 Å². The molecule has 1 aromatic carbocycles. The quantitative estimate of drug-likeness (QED) is 0.832. The van der Waals surface area contributed by atoms with Gasteiger partial charge in [0.25, 0.3) is 17.7 Å². The largest absolute Gasteiger partial charge is 0.272 e. The third-order valence-corrected chi connectivity index (χ3v) is 6.06. The molecule has 23 heavy (non-hydrogen) atoms. The predicted molar refractivity (Wildman–Crippen MR) is 83.6 cm³/mol. The zero-order valence-electron chi connectivity index (χ0n) is 12.1. The molecule has 1 aliphatic heterocycles. The predicted octanol–water partition coefficient (Wildman–Crippen LogP) is 2.67. The van der Waals surface area contributed by atoms with Gasteiger partial charge in [-0.3, -0.25) is 19.8 Å². The third-order valence-electron chi connectivity index (χ3n) is 5.32. The van der Waals surface area contributed by atoms with Crippen molar-refractivity contribution in [3.8, 4) is 0 Å². The molecular formula is C16H14Cl2N2O3. The molecule has 2 bridgehead atoms. The van der Waals surface area contributed by atoms with Gasteiger partial charge in [0.1, 0.15) is 0 Å². The van der Waals surface area contributed by atoms with Crippen molar-refractivity contribution in [1.29, 1.82) is 0 Å². The van der Waals surface area contributed by atoms with Crippen molar-refractivity contribution < 1.29 is 14.4 Å². The number of benzene rings is 1. The van der Waals surface area contributed by atoms with E-state index in [2.05, 4.69) is 5.43 Å². The highest BCUT2D eigenvalue weighted by atomic mass is 35.5. The van der Waals surface area contributed by atoms with Crippen LogP contribution in [-0.2, 0) is 9.59 Å². The van der Waals surface area contributed by atoms with Crippen LogP contribution in [0.25, 0.3) is 0 Å². The van der Waals surface area contributed by atoms with E-state index in [9.17, 15) is 14.4 Å². The van der Waals surface area contributed by atoms with E-state index < -0.39 is 5.91 Å². The van der Waals surface area contributed by atoms with Crippen LogP contribution in [0.15, 0.2) is 18.2 Å². The zero-order valence-corrected chi connectivity index (χ0v) is 13.6. The Labute approximate surface area is 142 Å². The molecular weight excluding hydrogens is 339 g/mol. The molecule has 4 rings (SSSR count). The lowest BCUT2D eigenvalue weighted by Crippen LogP contribution is -2.47. The normalized spacial score (nSPS) is 31.7. The summed E-state index contributed by atoms with van der Waals surface area (Å²) in [5.41, 5.74) is 2.68. The van der Waals surface area contributed by atoms with Crippen molar-refractivity contribution in [2.24, 2.45) is 23.7 Å². The van der Waals surface area contributed by atoms with Gasteiger partial charge < -0.3 is 0 Å². The molecule has 7 heteroatoms. The minimum atomic E-state index is -0.544. The average molecular weight is 353 g/mol. The van der Waals surface area contributed by atoms with Gasteiger partial charge in [-0.05, 0) is 49.3 Å². The van der Waals surface area contributed by atoms with E-state index in [4.69, 9.17) is 23.2 Å². The van der Waals surface area contributed by atoms with Crippen LogP contribution >= 0.6 is 23.2 Å². The summed E-state index contributed by atoms with van der Waals surface area (Å²) >= 11 is 11.7. The van der Waals surface area contributed by atoms with E-state index in [1.54, 1.807) is 0 Å². The van der Waals surface area contributed by atoms with Crippen LogP contribution in [0.5, 0.6) is 0 Å². The average Bonchev–Trinajstić information content (AvgIpc) is 3.19. The fraction of sp³-hybridized carbons (Fsp3) is 0.438. The van der Waals surface area contributed by atoms with Crippen molar-refractivity contribution in [2.75, 3.05) is 0 Å². The summed E-state index contributed by atoms with van der Waals surface area (Å²) in [6, 6.07) is 4.41. The lowest BCUT2D eigenvalue weighted by atomic mass is 9.81. The number of hydrogen-bond donors (Lipinski definition) is 1. The summed E-state index contributed by atoms with van der Waals surface area (Å²) in [6.07, 6.45) is 2.96. The number of halogens is 2. The molecule has 1 saturated heterocycles. The number of carbonyl (C=O) groups excluding carboxylic acids is 3. The zero-order chi connectivity index (χ0) is 16.3. The summed E-state index contributed by atoms with van der Waals surface area (Å²) < 4.78 is 0. The second-order valence-electron chi connectivity index (χ2n) is 6.47. The van der Waals surface area contributed by atoms with E-state index >= 15 is 0 Å². The standard InChI is InChI=1S/C16H14Cl2N2O3/c17-10-4-3-9(6-11(10)18)14(21)19-20-15(22)12-7-1-2-8(5-7)13(12)16(20)23/h3-4,6-8,12-13H,1-2,5H2,(H,19,21)/t7-,8-,12-,13+/m0/s1. The van der Waals surface area contributed by atoms with Gasteiger partial charge in [-0.25, -0.2) is 0 Å². The molecule has 0 unspecified atom stereocenters. The molecule has 1 aromatic rings. The molecule has 0 aromatic heterocycles. The SMILES string of the molecule is O=C(NN1C(=O)[C@@H]2[C@H]3CC[C@@H](C3)[C@@H]2C1=O)c1ccc(Cl)c(Cl)c1. The number of fused-ring (bicyclic) bond motifs is 5. The minimum Gasteiger partial charge on any atom is -0.272 e. The van der Waals surface area contributed by atoms with Crippen LogP contribution in [0.1, 0.15) is 29.6 Å². The second kappa shape index (κ2) is 5.21. The van der Waals surface area contributed by atoms with Gasteiger partial charge >= 0.3 is 0 Å². The molecule has 120 valence electrons. The first-order valence-electron chi connectivity index (χ1n) is 7.61. The van der Waals surface area contributed by atoms with Crippen molar-refractivity contribution in [1.82, 2.24) is 10.4 Å². The third kappa shape index (κ3) is 2.17. The van der Waals surface area contributed by atoms with E-state index in [0.29, 0.717) is 5.02 Å². The maximum atomic E-state index is 12.5. The maximum absolute atomic E-state index is 12.5. The minimum absolute atomic E-state index is 0.244. The Kier molecular flexibility index (Phi) is 3.39. The van der Waals surface area contributed by atoms with E-state index in [-0.39, 0.29) is 46.1 Å². The summed E-state index contributed by atoms with van der Waals surface area (Å²) in [4.78, 5) is 37.3. The molecule has 1 N–H and O–H groups in total. The molecule has 3 amide bonds. The molecule has 3 fully saturated rings. The Hall–Kier alpha value is -1.59. The molecule has 0 spiro atoms. The lowest BCUT2D eigenvalue weighted by molar-refractivity contribution is -0.143. The van der Waals surface area contributed by atoms with Crippen LogP contribution in [0.2, 0.25) is 10.0 Å². The first-order chi connectivity index (χ1) is 11.0. The van der Waals surface area contributed by atoms with Gasteiger partial charge in [0, 0.05) is 5.56 Å². The number of hydrogen-bond acceptors (Lipinski definition) is 3. The van der Waals surface area contributed by atoms with Gasteiger partial charge in [-0.2, -0.15) is 5.01 Å². The van der Waals surface area contributed by atoms with Crippen molar-refractivity contribution in [3.05, 3.63) is 33.8 Å². The molecule has 2 saturated carbocycles. The highest BCUT2D eigenvalue weighted by molar-refractivity contribution is 6.42. The summed E-state index contributed by atoms with van der Waals surface area (Å²) in [5.74, 6) is -1.04. The number of nitrogens with one attached hydrogen (secondary N) is 1. The van der Waals surface area contributed by atoms with Crippen LogP contribution in [0.4, 0.5) is 0 Å². The first kappa shape index (κ1) is 15.0. The molecule has 3 aliphatic rings. The van der Waals surface area contributed by atoms with E-state index in [0.717, 1.165) is 24.3 Å². The molecule has 0 radical (unpaired) electrons. The first-order valence-corrected chi connectivity index (χ1v) is 8.37. The number of carbonyl (C=O) groups is 3. The Balaban J connectivity index is 1.55. The number of imide groups is 1. The van der Waals surface area contributed by atoms with Gasteiger partial charge in [0.15, 0.2) is 0 Å². The van der Waals surface area contributed by atoms with E-state index in [1.165, 1.54) is 18.2 Å². The van der Waals surface area contributed by atoms with Crippen LogP contribution in [-0.4, -0.2) is 22.7 Å². The van der Waals surface area contributed by atoms with Crippen molar-refractivity contribution >= 4 is 40.9 Å². The Morgan fingerprint density at radius 3 is 2.22 bits per heavy atom. The fourth-order valence-electron chi connectivity index (χ4n) is 4.32. The topological polar surface area (TPSA) is 66.5 Å². The second-order valence-corrected chi connectivity index (χ2v) is 7.28. The number of nitrogens with zero attached hydrogens (tertiary/aromatic N) is 1. The Morgan fingerprint density at radius 1 is 1.04 bits per heavy atom. The molecule has 1 heterocycles. The van der Waals surface area contributed by atoms with E-state index in [1.807, 2.05) is 0 Å². The van der Waals surface area contributed by atoms with Crippen LogP contribution in [0.3, 0.4) is 0 Å². The lowest BCUT2D eigenvalue weighted by Gasteiger charge is -2.19. The number of rotatable bonds is 2. The van der Waals surface area contributed by atoms with Crippen LogP contribution < -0.4 is 5.43 Å². The Morgan fingerprint density at radius 2 is 1.65 bits per heavy atom. The number of hydrazine groups is 1. The maximum Gasteiger partial charge on any atom is 0.270 e. The Bertz CT molecular complexity index is 708. The highest BCUT2D eigenvalue weighted by Gasteiger charge is 2.61. The van der Waals surface area contributed by atoms with Gasteiger partial charge in [0.05, 0.1) is 21.9 Å². The molecule has 4 atom stereocenters. The monoisotopic (exact) mass is 352 g/mol. The smallest absolute Gasteiger partial charge is 0.270 e. The van der Waals surface area contributed by atoms with Gasteiger partial charge in [-0.1, -0.05) is 23.2 Å². The highest BCUT2D eigenvalue weighted by Crippen LogP contribution is 2.55. The fourth-order valence-corrected chi connectivity index (χ4v) is 4.62. The summed E-state index contributed by atoms with van der Waals surface area (Å²) in [5, 5.41) is 1.49. The van der Waals surface area contributed by atoms with Crippen LogP contribution in [0, 0.1) is 23.7 Å².